The summed E-state index contributed by atoms with van der Waals surface area (Å²) in [5.74, 6) is 0. The van der Waals surface area contributed by atoms with E-state index in [0.717, 1.165) is 26.5 Å². The van der Waals surface area contributed by atoms with Crippen LogP contribution >= 0.6 is 0 Å². The lowest BCUT2D eigenvalue weighted by molar-refractivity contribution is 0.682. The standard InChI is InChI=1S/C14H10OS/c1-10-11-6-2-4-8-13(11)16(15)14-9-5-3-7-12(10)14/h2-9H,1H2. The average Bonchev–Trinajstić information content (AvgIpc) is 2.36. The molecule has 0 saturated heterocycles. The van der Waals surface area contributed by atoms with E-state index >= 15 is 0 Å². The zero-order chi connectivity index (χ0) is 11.1. The molecule has 78 valence electrons. The summed E-state index contributed by atoms with van der Waals surface area (Å²) in [6, 6.07) is 15.5. The van der Waals surface area contributed by atoms with Gasteiger partial charge in [-0.2, -0.15) is 0 Å². The van der Waals surface area contributed by atoms with Crippen molar-refractivity contribution in [2.24, 2.45) is 0 Å². The first-order chi connectivity index (χ1) is 7.79. The maximum absolute atomic E-state index is 12.3. The summed E-state index contributed by atoms with van der Waals surface area (Å²) in [6.45, 7) is 4.10. The van der Waals surface area contributed by atoms with Gasteiger partial charge in [-0.3, -0.25) is 0 Å². The van der Waals surface area contributed by atoms with Gasteiger partial charge in [-0.05, 0) is 28.8 Å². The molecule has 1 heterocycles. The fourth-order valence-corrected chi connectivity index (χ4v) is 3.44. The number of fused-ring (bicyclic) bond motifs is 2. The minimum Gasteiger partial charge on any atom is -0.249 e. The average molecular weight is 226 g/mol. The fourth-order valence-electron chi connectivity index (χ4n) is 2.02. The zero-order valence-corrected chi connectivity index (χ0v) is 9.46. The molecule has 1 aliphatic rings. The van der Waals surface area contributed by atoms with Crippen LogP contribution in [-0.2, 0) is 10.8 Å². The van der Waals surface area contributed by atoms with Crippen LogP contribution in [0.2, 0.25) is 0 Å². The van der Waals surface area contributed by atoms with Gasteiger partial charge in [0.2, 0.25) is 0 Å². The minimum absolute atomic E-state index is 0.867. The number of rotatable bonds is 0. The molecule has 2 aromatic carbocycles. The lowest BCUT2D eigenvalue weighted by atomic mass is 9.99. The second-order valence-electron chi connectivity index (χ2n) is 3.74. The van der Waals surface area contributed by atoms with Crippen molar-refractivity contribution in [3.05, 3.63) is 66.2 Å². The molecular formula is C14H10OS. The van der Waals surface area contributed by atoms with E-state index in [-0.39, 0.29) is 0 Å². The maximum atomic E-state index is 12.3. The fraction of sp³-hybridized carbons (Fsp3) is 0. The summed E-state index contributed by atoms with van der Waals surface area (Å²) in [4.78, 5) is 1.73. The van der Waals surface area contributed by atoms with Crippen molar-refractivity contribution in [1.82, 2.24) is 0 Å². The minimum atomic E-state index is -1.07. The van der Waals surface area contributed by atoms with Crippen LogP contribution in [0.15, 0.2) is 64.9 Å². The van der Waals surface area contributed by atoms with Gasteiger partial charge in [-0.25, -0.2) is 4.21 Å². The molecule has 2 aromatic rings. The van der Waals surface area contributed by atoms with Crippen LogP contribution in [0, 0.1) is 0 Å². The summed E-state index contributed by atoms with van der Waals surface area (Å²) in [5.41, 5.74) is 2.96. The number of hydrogen-bond donors (Lipinski definition) is 0. The van der Waals surface area contributed by atoms with Gasteiger partial charge in [0, 0.05) is 0 Å². The third kappa shape index (κ3) is 1.20. The molecule has 0 saturated carbocycles. The summed E-state index contributed by atoms with van der Waals surface area (Å²) in [7, 11) is -1.07. The Morgan fingerprint density at radius 2 is 1.25 bits per heavy atom. The zero-order valence-electron chi connectivity index (χ0n) is 8.64. The number of hydrogen-bond acceptors (Lipinski definition) is 1. The molecule has 0 atom stereocenters. The molecule has 16 heavy (non-hydrogen) atoms. The van der Waals surface area contributed by atoms with Gasteiger partial charge in [0.25, 0.3) is 0 Å². The smallest absolute Gasteiger partial charge is 0.0862 e. The molecule has 0 unspecified atom stereocenters. The monoisotopic (exact) mass is 226 g/mol. The van der Waals surface area contributed by atoms with E-state index in [1.165, 1.54) is 0 Å². The molecule has 0 amide bonds. The highest BCUT2D eigenvalue weighted by Crippen LogP contribution is 2.37. The van der Waals surface area contributed by atoms with Crippen LogP contribution in [0.4, 0.5) is 0 Å². The number of benzene rings is 2. The van der Waals surface area contributed by atoms with Crippen LogP contribution in [0.3, 0.4) is 0 Å². The third-order valence-corrected chi connectivity index (χ3v) is 4.33. The Morgan fingerprint density at radius 1 is 0.812 bits per heavy atom. The van der Waals surface area contributed by atoms with Gasteiger partial charge >= 0.3 is 0 Å². The first-order valence-corrected chi connectivity index (χ1v) is 6.23. The van der Waals surface area contributed by atoms with Crippen LogP contribution in [0.5, 0.6) is 0 Å². The Labute approximate surface area is 96.9 Å². The van der Waals surface area contributed by atoms with E-state index in [1.54, 1.807) is 0 Å². The topological polar surface area (TPSA) is 17.1 Å². The highest BCUT2D eigenvalue weighted by molar-refractivity contribution is 7.85. The summed E-state index contributed by atoms with van der Waals surface area (Å²) in [5, 5.41) is 0. The Kier molecular flexibility index (Phi) is 2.04. The normalized spacial score (nSPS) is 14.4. The Hall–Kier alpha value is -1.67. The highest BCUT2D eigenvalue weighted by atomic mass is 32.2. The summed E-state index contributed by atoms with van der Waals surface area (Å²) in [6.07, 6.45) is 0. The van der Waals surface area contributed by atoms with Crippen LogP contribution in [-0.4, -0.2) is 4.21 Å². The quantitative estimate of drug-likeness (QED) is 0.575. The van der Waals surface area contributed by atoms with Crippen LogP contribution < -0.4 is 0 Å². The van der Waals surface area contributed by atoms with Crippen molar-refractivity contribution >= 4 is 16.4 Å². The Morgan fingerprint density at radius 3 is 1.75 bits per heavy atom. The largest absolute Gasteiger partial charge is 0.249 e. The second-order valence-corrected chi connectivity index (χ2v) is 5.16. The lowest BCUT2D eigenvalue weighted by Crippen LogP contribution is -2.07. The molecule has 0 N–H and O–H groups in total. The molecule has 2 heteroatoms. The highest BCUT2D eigenvalue weighted by Gasteiger charge is 2.23. The summed E-state index contributed by atoms with van der Waals surface area (Å²) < 4.78 is 12.3. The predicted octanol–water partition coefficient (Wildman–Crippen LogP) is 3.23. The van der Waals surface area contributed by atoms with Crippen LogP contribution in [0.25, 0.3) is 5.57 Å². The molecule has 0 radical (unpaired) electrons. The predicted molar refractivity (Wildman–Crippen MR) is 65.7 cm³/mol. The molecule has 0 bridgehead atoms. The maximum Gasteiger partial charge on any atom is 0.0862 e. The van der Waals surface area contributed by atoms with E-state index in [1.807, 2.05) is 48.5 Å². The van der Waals surface area contributed by atoms with E-state index in [9.17, 15) is 4.21 Å². The van der Waals surface area contributed by atoms with Crippen molar-refractivity contribution in [1.29, 1.82) is 0 Å². The Balaban J connectivity index is 2.35. The molecule has 3 rings (SSSR count). The Bertz CT molecular complexity index is 508. The van der Waals surface area contributed by atoms with Gasteiger partial charge < -0.3 is 0 Å². The SMILES string of the molecule is C=C1c2ccccc2S(=O)c2ccccc21. The van der Waals surface area contributed by atoms with Crippen molar-refractivity contribution in [2.45, 2.75) is 9.79 Å². The molecule has 0 aliphatic carbocycles. The van der Waals surface area contributed by atoms with E-state index < -0.39 is 10.8 Å². The molecule has 1 nitrogen and oxygen atoms in total. The molecule has 0 fully saturated rings. The van der Waals surface area contributed by atoms with Gasteiger partial charge in [0.05, 0.1) is 20.6 Å². The second kappa shape index (κ2) is 3.42. The van der Waals surface area contributed by atoms with Crippen molar-refractivity contribution in [3.8, 4) is 0 Å². The molecule has 1 aliphatic heterocycles. The van der Waals surface area contributed by atoms with E-state index in [0.29, 0.717) is 0 Å². The lowest BCUT2D eigenvalue weighted by Gasteiger charge is -2.20. The first-order valence-electron chi connectivity index (χ1n) is 5.08. The molecule has 0 spiro atoms. The first kappa shape index (κ1) is 9.55. The van der Waals surface area contributed by atoms with Crippen molar-refractivity contribution < 1.29 is 4.21 Å². The van der Waals surface area contributed by atoms with E-state index in [2.05, 4.69) is 6.58 Å². The summed E-state index contributed by atoms with van der Waals surface area (Å²) >= 11 is 0. The van der Waals surface area contributed by atoms with Crippen molar-refractivity contribution in [2.75, 3.05) is 0 Å². The van der Waals surface area contributed by atoms with Gasteiger partial charge in [0.15, 0.2) is 0 Å². The van der Waals surface area contributed by atoms with Gasteiger partial charge in [-0.1, -0.05) is 43.0 Å². The van der Waals surface area contributed by atoms with Crippen LogP contribution in [0.1, 0.15) is 11.1 Å². The van der Waals surface area contributed by atoms with Gasteiger partial charge in [-0.15, -0.1) is 0 Å². The van der Waals surface area contributed by atoms with Gasteiger partial charge in [0.1, 0.15) is 0 Å². The van der Waals surface area contributed by atoms with Crippen molar-refractivity contribution in [3.63, 3.8) is 0 Å². The third-order valence-electron chi connectivity index (χ3n) is 2.82. The van der Waals surface area contributed by atoms with E-state index in [4.69, 9.17) is 0 Å². The molecule has 0 aromatic heterocycles. The molecular weight excluding hydrogens is 216 g/mol.